The Hall–Kier alpha value is -1.74. The molecule has 0 unspecified atom stereocenters. The van der Waals surface area contributed by atoms with Crippen LogP contribution in [-0.2, 0) is 17.1 Å². The van der Waals surface area contributed by atoms with Crippen molar-refractivity contribution in [3.05, 3.63) is 182 Å². The summed E-state index contributed by atoms with van der Waals surface area (Å²) in [6, 6.07) is 44.1. The molecule has 4 aliphatic rings. The molecule has 4 aromatic carbocycles. The predicted octanol–water partition coefficient (Wildman–Crippen LogP) is 9.59. The fourth-order valence-corrected chi connectivity index (χ4v) is 11.8. The third-order valence-electron chi connectivity index (χ3n) is 9.02. The van der Waals surface area contributed by atoms with Crippen molar-refractivity contribution in [3.8, 4) is 0 Å². The minimum Gasteiger partial charge on any atom is -0.0622 e. The summed E-state index contributed by atoms with van der Waals surface area (Å²) in [5.74, 6) is 6.44. The van der Waals surface area contributed by atoms with Crippen LogP contribution in [0.5, 0.6) is 0 Å². The monoisotopic (exact) mass is 662 g/mol. The minimum atomic E-state index is -0.425. The fraction of sp³-hybridized carbons (Fsp3) is 0.190. The van der Waals surface area contributed by atoms with Crippen molar-refractivity contribution in [2.75, 3.05) is 0 Å². The molecular weight excluding hydrogens is 622 g/mol. The molecule has 10 radical (unpaired) electrons. The Morgan fingerprint density at radius 1 is 0.378 bits per heavy atom. The number of hydrogen-bond donors (Lipinski definition) is 0. The van der Waals surface area contributed by atoms with Crippen LogP contribution in [0.1, 0.15) is 51.4 Å². The van der Waals surface area contributed by atoms with Crippen molar-refractivity contribution in [3.63, 3.8) is 0 Å². The van der Waals surface area contributed by atoms with E-state index >= 15 is 0 Å². The Bertz CT molecular complexity index is 1320. The van der Waals surface area contributed by atoms with E-state index in [-0.39, 0.29) is 17.1 Å². The van der Waals surface area contributed by atoms with Gasteiger partial charge < -0.3 is 0 Å². The van der Waals surface area contributed by atoms with Crippen molar-refractivity contribution >= 4 is 37.1 Å². The van der Waals surface area contributed by atoms with Gasteiger partial charge in [-0.3, -0.25) is 0 Å². The van der Waals surface area contributed by atoms with Crippen LogP contribution in [0.25, 0.3) is 0 Å². The number of rotatable bonds is 6. The molecular formula is C42H40FeP2+2. The molecule has 3 heteroatoms. The summed E-state index contributed by atoms with van der Waals surface area (Å²) in [6.45, 7) is 0. The molecule has 4 aliphatic carbocycles. The normalized spacial score (nSPS) is 20.0. The first-order valence-corrected chi connectivity index (χ1v) is 18.9. The summed E-state index contributed by atoms with van der Waals surface area (Å²) in [5.41, 5.74) is 3.11. The summed E-state index contributed by atoms with van der Waals surface area (Å²) in [4.78, 5) is 0. The van der Waals surface area contributed by atoms with E-state index in [1.165, 1.54) is 78.2 Å². The second kappa shape index (κ2) is 16.4. The van der Waals surface area contributed by atoms with E-state index in [9.17, 15) is 0 Å². The van der Waals surface area contributed by atoms with Gasteiger partial charge in [0.25, 0.3) is 0 Å². The predicted molar refractivity (Wildman–Crippen MR) is 192 cm³/mol. The van der Waals surface area contributed by atoms with E-state index in [0.29, 0.717) is 0 Å². The fourth-order valence-electron chi connectivity index (χ4n) is 6.89. The summed E-state index contributed by atoms with van der Waals surface area (Å²) in [7, 11) is -0.849. The van der Waals surface area contributed by atoms with Crippen LogP contribution in [0.4, 0.5) is 0 Å². The molecule has 0 saturated heterocycles. The van der Waals surface area contributed by atoms with Crippen LogP contribution in [0.15, 0.2) is 121 Å². The standard InChI is InChI=1S/2C21H20P.Fe/c1-3-11-19(12-4-1)22(20-13-5-2-6-14-20)21-15-17-9-7-8-10-18(17)16-21;1-3-10-18(11-4-1)22(19-12-5-2-6-13-19)21-16-15-17-9-7-8-14-20(17)21;/h1-6,11-16H,7-10H2;1-6,10-13,15-16H,7-9,14H2;/q;;+2. The van der Waals surface area contributed by atoms with Gasteiger partial charge in [0.05, 0.1) is 0 Å². The zero-order valence-corrected chi connectivity index (χ0v) is 28.7. The van der Waals surface area contributed by atoms with Crippen molar-refractivity contribution in [2.45, 2.75) is 51.4 Å². The van der Waals surface area contributed by atoms with E-state index < -0.39 is 15.8 Å². The maximum Gasteiger partial charge on any atom is 2.00 e. The van der Waals surface area contributed by atoms with Gasteiger partial charge in [0.2, 0.25) is 0 Å². The smallest absolute Gasteiger partial charge is 0.0622 e. The second-order valence-electron chi connectivity index (χ2n) is 11.9. The topological polar surface area (TPSA) is 0 Å². The maximum absolute atomic E-state index is 2.49. The van der Waals surface area contributed by atoms with Gasteiger partial charge in [-0.15, -0.1) is 0 Å². The van der Waals surface area contributed by atoms with Crippen LogP contribution in [0, 0.1) is 60.7 Å². The van der Waals surface area contributed by atoms with Gasteiger partial charge in [-0.1, -0.05) is 147 Å². The molecule has 4 aromatic rings. The Labute approximate surface area is 286 Å². The average molecular weight is 663 g/mol. The van der Waals surface area contributed by atoms with Gasteiger partial charge >= 0.3 is 17.1 Å². The number of benzene rings is 4. The zero-order chi connectivity index (χ0) is 29.6. The molecule has 45 heavy (non-hydrogen) atoms. The summed E-state index contributed by atoms with van der Waals surface area (Å²) >= 11 is 0. The van der Waals surface area contributed by atoms with Crippen LogP contribution < -0.4 is 21.2 Å². The summed E-state index contributed by atoms with van der Waals surface area (Å²) in [6.07, 6.45) is 20.2. The first-order chi connectivity index (χ1) is 21.8. The maximum atomic E-state index is 2.49. The first-order valence-electron chi connectivity index (χ1n) is 16.2. The van der Waals surface area contributed by atoms with Crippen molar-refractivity contribution < 1.29 is 17.1 Å². The van der Waals surface area contributed by atoms with E-state index in [1.54, 1.807) is 29.3 Å². The van der Waals surface area contributed by atoms with Gasteiger partial charge in [0.15, 0.2) is 0 Å². The molecule has 0 aliphatic heterocycles. The van der Waals surface area contributed by atoms with Gasteiger partial charge in [-0.2, -0.15) is 0 Å². The quantitative estimate of drug-likeness (QED) is 0.143. The molecule has 0 nitrogen and oxygen atoms in total. The van der Waals surface area contributed by atoms with Gasteiger partial charge in [0.1, 0.15) is 0 Å². The number of hydrogen-bond acceptors (Lipinski definition) is 0. The van der Waals surface area contributed by atoms with E-state index in [0.717, 1.165) is 0 Å². The summed E-state index contributed by atoms with van der Waals surface area (Å²) < 4.78 is 0. The minimum absolute atomic E-state index is 0. The van der Waals surface area contributed by atoms with Crippen LogP contribution >= 0.6 is 15.8 Å². The molecule has 0 amide bonds. The van der Waals surface area contributed by atoms with E-state index in [2.05, 4.69) is 147 Å². The van der Waals surface area contributed by atoms with Crippen LogP contribution in [0.2, 0.25) is 0 Å². The third kappa shape index (κ3) is 7.88. The third-order valence-corrected chi connectivity index (χ3v) is 14.0. The Morgan fingerprint density at radius 2 is 0.756 bits per heavy atom. The molecule has 0 aromatic heterocycles. The number of fused-ring (bicyclic) bond motifs is 2. The van der Waals surface area contributed by atoms with Crippen LogP contribution in [-0.4, -0.2) is 0 Å². The van der Waals surface area contributed by atoms with E-state index in [4.69, 9.17) is 0 Å². The molecule has 8 rings (SSSR count). The Kier molecular flexibility index (Phi) is 12.1. The first kappa shape index (κ1) is 33.2. The summed E-state index contributed by atoms with van der Waals surface area (Å²) in [5, 5.41) is 5.82. The Morgan fingerprint density at radius 3 is 1.20 bits per heavy atom. The van der Waals surface area contributed by atoms with Crippen molar-refractivity contribution in [2.24, 2.45) is 0 Å². The zero-order valence-electron chi connectivity index (χ0n) is 25.8. The molecule has 0 atom stereocenters. The molecule has 0 N–H and O–H groups in total. The van der Waals surface area contributed by atoms with Crippen molar-refractivity contribution in [1.82, 2.24) is 0 Å². The molecule has 4 fully saturated rings. The molecule has 4 saturated carbocycles. The van der Waals surface area contributed by atoms with Crippen molar-refractivity contribution in [1.29, 1.82) is 0 Å². The van der Waals surface area contributed by atoms with E-state index in [1.807, 2.05) is 0 Å². The average Bonchev–Trinajstić information content (AvgIpc) is 3.72. The Balaban J connectivity index is 0.000000155. The molecule has 0 heterocycles. The van der Waals surface area contributed by atoms with Gasteiger partial charge in [0, 0.05) is 11.3 Å². The second-order valence-corrected chi connectivity index (χ2v) is 16.3. The molecule has 0 bridgehead atoms. The largest absolute Gasteiger partial charge is 2.00 e. The van der Waals surface area contributed by atoms with Crippen LogP contribution in [0.3, 0.4) is 0 Å². The SMILES string of the molecule is [CH]1[CH][C](P(c2ccccc2)c2ccccc2)[C]2CCCC[C]12.[CH]1[C]2CCCC[C]2[CH][C]1P(c1ccccc1)c1ccccc1.[Fe+2]. The molecule has 0 spiro atoms. The molecule has 224 valence electrons. The van der Waals surface area contributed by atoms with Gasteiger partial charge in [-0.05, 0) is 112 Å². The van der Waals surface area contributed by atoms with Gasteiger partial charge in [-0.25, -0.2) is 0 Å².